The quantitative estimate of drug-likeness (QED) is 0.221. The molecule has 4 rings (SSSR count). The summed E-state index contributed by atoms with van der Waals surface area (Å²) in [4.78, 5) is 27.9. The zero-order chi connectivity index (χ0) is 21.1. The van der Waals surface area contributed by atoms with Crippen molar-refractivity contribution in [1.82, 2.24) is 4.98 Å². The summed E-state index contributed by atoms with van der Waals surface area (Å²) in [6.07, 6.45) is 2.99. The van der Waals surface area contributed by atoms with Crippen molar-refractivity contribution in [2.24, 2.45) is 0 Å². The lowest BCUT2D eigenvalue weighted by molar-refractivity contribution is 0.0601. The highest BCUT2D eigenvalue weighted by Gasteiger charge is 2.18. The number of Topliss-reactive ketones (excluding diaryl/α,β-unsaturated/α-hetero) is 1. The third-order valence-corrected chi connectivity index (χ3v) is 4.71. The number of allylic oxidation sites excluding steroid dienone is 1. The summed E-state index contributed by atoms with van der Waals surface area (Å²) >= 11 is 0. The molecule has 0 saturated heterocycles. The summed E-state index contributed by atoms with van der Waals surface area (Å²) < 4.78 is 10.6. The number of H-pyrrole nitrogens is 1. The highest BCUT2D eigenvalue weighted by molar-refractivity contribution is 6.19. The van der Waals surface area contributed by atoms with Gasteiger partial charge in [0.1, 0.15) is 23.2 Å². The molecule has 1 N–H and O–H groups in total. The molecule has 0 saturated carbocycles. The number of ether oxygens (including phenoxy) is 1. The fourth-order valence-corrected chi connectivity index (χ4v) is 3.26. The monoisotopic (exact) mass is 396 g/mol. The van der Waals surface area contributed by atoms with Crippen molar-refractivity contribution >= 4 is 28.7 Å². The number of methoxy groups -OCH3 is 1. The predicted octanol–water partition coefficient (Wildman–Crippen LogP) is 5.00. The number of furan rings is 1. The zero-order valence-corrected chi connectivity index (χ0v) is 16.0. The lowest BCUT2D eigenvalue weighted by Gasteiger charge is -2.04. The Labute approximate surface area is 172 Å². The summed E-state index contributed by atoms with van der Waals surface area (Å²) in [5.74, 6) is -0.123. The first-order chi connectivity index (χ1) is 14.6. The number of aromatic amines is 1. The molecule has 2 aromatic heterocycles. The highest BCUT2D eigenvalue weighted by atomic mass is 16.5. The number of benzene rings is 2. The molecule has 0 unspecified atom stereocenters. The summed E-state index contributed by atoms with van der Waals surface area (Å²) in [7, 11) is 1.31. The number of hydrogen-bond acceptors (Lipinski definition) is 5. The molecular weight excluding hydrogens is 380 g/mol. The molecule has 146 valence electrons. The van der Waals surface area contributed by atoms with E-state index in [9.17, 15) is 14.9 Å². The number of rotatable bonds is 5. The van der Waals surface area contributed by atoms with Gasteiger partial charge in [-0.1, -0.05) is 36.4 Å². The van der Waals surface area contributed by atoms with Crippen molar-refractivity contribution in [3.63, 3.8) is 0 Å². The second-order valence-corrected chi connectivity index (χ2v) is 6.49. The van der Waals surface area contributed by atoms with Crippen molar-refractivity contribution in [2.45, 2.75) is 0 Å². The van der Waals surface area contributed by atoms with E-state index in [1.807, 2.05) is 30.3 Å². The molecular formula is C24H16N2O4. The smallest absolute Gasteiger partial charge is 0.338 e. The van der Waals surface area contributed by atoms with Crippen LogP contribution in [0.1, 0.15) is 26.5 Å². The van der Waals surface area contributed by atoms with Crippen LogP contribution in [0.2, 0.25) is 0 Å². The van der Waals surface area contributed by atoms with Crippen LogP contribution in [0.25, 0.3) is 28.3 Å². The van der Waals surface area contributed by atoms with Crippen molar-refractivity contribution in [3.8, 4) is 17.4 Å². The molecule has 2 heterocycles. The van der Waals surface area contributed by atoms with E-state index in [1.54, 1.807) is 42.6 Å². The van der Waals surface area contributed by atoms with E-state index in [0.717, 1.165) is 10.9 Å². The summed E-state index contributed by atoms with van der Waals surface area (Å²) in [5, 5.41) is 10.3. The first-order valence-corrected chi connectivity index (χ1v) is 9.12. The predicted molar refractivity (Wildman–Crippen MR) is 112 cm³/mol. The lowest BCUT2D eigenvalue weighted by atomic mass is 10.0. The largest absolute Gasteiger partial charge is 0.465 e. The van der Waals surface area contributed by atoms with Crippen LogP contribution in [-0.4, -0.2) is 23.8 Å². The highest BCUT2D eigenvalue weighted by Crippen LogP contribution is 2.28. The van der Waals surface area contributed by atoms with Gasteiger partial charge in [-0.15, -0.1) is 0 Å². The summed E-state index contributed by atoms with van der Waals surface area (Å²) in [6.45, 7) is 0. The van der Waals surface area contributed by atoms with Crippen LogP contribution in [0.4, 0.5) is 0 Å². The molecule has 6 heteroatoms. The SMILES string of the molecule is COC(=O)c1ccccc1-c1ccc(/C=C(\C#N)C(=O)c2c[nH]c3ccccc23)o1. The van der Waals surface area contributed by atoms with Crippen molar-refractivity contribution in [3.05, 3.63) is 89.3 Å². The maximum Gasteiger partial charge on any atom is 0.338 e. The number of esters is 1. The van der Waals surface area contributed by atoms with E-state index in [2.05, 4.69) is 4.98 Å². The Balaban J connectivity index is 1.69. The molecule has 0 atom stereocenters. The lowest BCUT2D eigenvalue weighted by Crippen LogP contribution is -2.02. The van der Waals surface area contributed by atoms with E-state index in [-0.39, 0.29) is 5.57 Å². The van der Waals surface area contributed by atoms with Gasteiger partial charge in [0, 0.05) is 34.3 Å². The van der Waals surface area contributed by atoms with Crippen molar-refractivity contribution in [2.75, 3.05) is 7.11 Å². The van der Waals surface area contributed by atoms with Gasteiger partial charge in [0.25, 0.3) is 0 Å². The van der Waals surface area contributed by atoms with E-state index in [1.165, 1.54) is 13.2 Å². The maximum atomic E-state index is 12.9. The standard InChI is InChI=1S/C24H16N2O4/c1-29-24(28)19-8-3-2-7-18(19)22-11-10-16(30-22)12-15(13-25)23(27)20-14-26-21-9-5-4-6-17(20)21/h2-12,14,26H,1H3/b15-12+. The van der Waals surface area contributed by atoms with Gasteiger partial charge in [-0.05, 0) is 24.3 Å². The second kappa shape index (κ2) is 7.94. The van der Waals surface area contributed by atoms with Crippen LogP contribution in [-0.2, 0) is 4.74 Å². The van der Waals surface area contributed by atoms with Crippen molar-refractivity contribution < 1.29 is 18.7 Å². The fraction of sp³-hybridized carbons (Fsp3) is 0.0417. The number of hydrogen-bond donors (Lipinski definition) is 1. The molecule has 0 aliphatic carbocycles. The minimum absolute atomic E-state index is 0.0538. The number of nitrogens with zero attached hydrogens (tertiary/aromatic N) is 1. The first-order valence-electron chi connectivity index (χ1n) is 9.12. The minimum Gasteiger partial charge on any atom is -0.465 e. The molecule has 0 radical (unpaired) electrons. The van der Waals surface area contributed by atoms with Gasteiger partial charge in [-0.2, -0.15) is 5.26 Å². The van der Waals surface area contributed by atoms with Gasteiger partial charge < -0.3 is 14.1 Å². The Kier molecular flexibility index (Phi) is 5.02. The van der Waals surface area contributed by atoms with E-state index in [4.69, 9.17) is 9.15 Å². The number of nitriles is 1. The van der Waals surface area contributed by atoms with Gasteiger partial charge in [0.15, 0.2) is 0 Å². The van der Waals surface area contributed by atoms with Crippen molar-refractivity contribution in [1.29, 1.82) is 5.26 Å². The number of nitrogens with one attached hydrogen (secondary N) is 1. The number of carbonyl (C=O) groups excluding carboxylic acids is 2. The molecule has 0 aliphatic rings. The van der Waals surface area contributed by atoms with E-state index < -0.39 is 11.8 Å². The van der Waals surface area contributed by atoms with Crippen LogP contribution in [0, 0.1) is 11.3 Å². The number of ketones is 1. The van der Waals surface area contributed by atoms with Crippen LogP contribution in [0.15, 0.2) is 76.9 Å². The normalized spacial score (nSPS) is 11.3. The molecule has 0 bridgehead atoms. The number of carbonyl (C=O) groups is 2. The Hall–Kier alpha value is -4.37. The Morgan fingerprint density at radius 2 is 1.80 bits per heavy atom. The topological polar surface area (TPSA) is 96.1 Å². The van der Waals surface area contributed by atoms with Gasteiger partial charge in [0.05, 0.1) is 12.7 Å². The van der Waals surface area contributed by atoms with Gasteiger partial charge in [-0.25, -0.2) is 4.79 Å². The fourth-order valence-electron chi connectivity index (χ4n) is 3.26. The Morgan fingerprint density at radius 3 is 2.60 bits per heavy atom. The number of fused-ring (bicyclic) bond motifs is 1. The molecule has 0 aliphatic heterocycles. The first kappa shape index (κ1) is 19.0. The van der Waals surface area contributed by atoms with Crippen LogP contribution < -0.4 is 0 Å². The second-order valence-electron chi connectivity index (χ2n) is 6.49. The van der Waals surface area contributed by atoms with E-state index >= 15 is 0 Å². The number of para-hydroxylation sites is 1. The molecule has 0 spiro atoms. The molecule has 0 amide bonds. The minimum atomic E-state index is -0.480. The van der Waals surface area contributed by atoms with Gasteiger partial charge in [0.2, 0.25) is 5.78 Å². The van der Waals surface area contributed by atoms with Gasteiger partial charge in [-0.3, -0.25) is 4.79 Å². The van der Waals surface area contributed by atoms with Crippen LogP contribution >= 0.6 is 0 Å². The van der Waals surface area contributed by atoms with Gasteiger partial charge >= 0.3 is 5.97 Å². The van der Waals surface area contributed by atoms with Crippen LogP contribution in [0.5, 0.6) is 0 Å². The van der Waals surface area contributed by atoms with Crippen LogP contribution in [0.3, 0.4) is 0 Å². The third kappa shape index (κ3) is 3.40. The average molecular weight is 396 g/mol. The molecule has 2 aromatic carbocycles. The summed E-state index contributed by atoms with van der Waals surface area (Å²) in [5.41, 5.74) is 2.10. The molecule has 6 nitrogen and oxygen atoms in total. The Bertz CT molecular complexity index is 1330. The zero-order valence-electron chi connectivity index (χ0n) is 16.0. The maximum absolute atomic E-state index is 12.9. The third-order valence-electron chi connectivity index (χ3n) is 4.71. The molecule has 0 fully saturated rings. The molecule has 30 heavy (non-hydrogen) atoms. The Morgan fingerprint density at radius 1 is 1.03 bits per heavy atom. The van der Waals surface area contributed by atoms with E-state index in [0.29, 0.717) is 28.2 Å². The molecule has 4 aromatic rings. The number of aromatic nitrogens is 1. The summed E-state index contributed by atoms with van der Waals surface area (Å²) in [6, 6.07) is 19.5. The average Bonchev–Trinajstić information content (AvgIpc) is 3.43.